The third-order valence-electron chi connectivity index (χ3n) is 2.74. The molecule has 0 amide bonds. The van der Waals surface area contributed by atoms with Crippen LogP contribution in [0.4, 0.5) is 8.78 Å². The van der Waals surface area contributed by atoms with Crippen molar-refractivity contribution in [2.45, 2.75) is 33.4 Å². The summed E-state index contributed by atoms with van der Waals surface area (Å²) in [7, 11) is 0. The Kier molecular flexibility index (Phi) is 6.89. The zero-order valence-corrected chi connectivity index (χ0v) is 13.2. The summed E-state index contributed by atoms with van der Waals surface area (Å²) in [5.74, 6) is -0.461. The van der Waals surface area contributed by atoms with E-state index in [1.165, 1.54) is 12.1 Å². The van der Waals surface area contributed by atoms with Crippen molar-refractivity contribution in [3.05, 3.63) is 33.8 Å². The maximum absolute atomic E-state index is 13.6. The van der Waals surface area contributed by atoms with Gasteiger partial charge < -0.3 is 10.6 Å². The van der Waals surface area contributed by atoms with Gasteiger partial charge in [0.05, 0.1) is 0 Å². The van der Waals surface area contributed by atoms with Crippen molar-refractivity contribution in [2.75, 3.05) is 13.1 Å². The van der Waals surface area contributed by atoms with Crippen molar-refractivity contribution < 1.29 is 8.78 Å². The Morgan fingerprint density at radius 3 is 2.21 bits per heavy atom. The van der Waals surface area contributed by atoms with Crippen LogP contribution >= 0.6 is 15.9 Å². The predicted molar refractivity (Wildman–Crippen MR) is 78.1 cm³/mol. The van der Waals surface area contributed by atoms with Crippen molar-refractivity contribution in [1.82, 2.24) is 10.6 Å². The van der Waals surface area contributed by atoms with E-state index in [1.807, 2.05) is 6.92 Å². The van der Waals surface area contributed by atoms with Crippen LogP contribution in [0.5, 0.6) is 0 Å². The lowest BCUT2D eigenvalue weighted by Crippen LogP contribution is -2.37. The number of nitrogens with one attached hydrogen (secondary N) is 2. The lowest BCUT2D eigenvalue weighted by atomic mass is 10.2. The van der Waals surface area contributed by atoms with Crippen molar-refractivity contribution in [2.24, 2.45) is 5.92 Å². The third kappa shape index (κ3) is 5.97. The first kappa shape index (κ1) is 16.5. The fraction of sp³-hybridized carbons (Fsp3) is 0.571. The Morgan fingerprint density at radius 2 is 1.68 bits per heavy atom. The summed E-state index contributed by atoms with van der Waals surface area (Å²) in [6, 6.07) is 2.71. The molecule has 0 aliphatic rings. The third-order valence-corrected chi connectivity index (χ3v) is 3.19. The number of hydrogen-bond acceptors (Lipinski definition) is 2. The molecule has 0 heterocycles. The number of rotatable bonds is 7. The molecule has 0 radical (unpaired) electrons. The van der Waals surface area contributed by atoms with Crippen LogP contribution in [0.2, 0.25) is 0 Å². The van der Waals surface area contributed by atoms with E-state index in [0.29, 0.717) is 10.4 Å². The first-order valence-electron chi connectivity index (χ1n) is 6.47. The summed E-state index contributed by atoms with van der Waals surface area (Å²) in [6.45, 7) is 8.16. The van der Waals surface area contributed by atoms with Gasteiger partial charge in [-0.25, -0.2) is 8.78 Å². The number of benzene rings is 1. The van der Waals surface area contributed by atoms with Gasteiger partial charge >= 0.3 is 0 Å². The molecule has 1 aromatic carbocycles. The summed E-state index contributed by atoms with van der Waals surface area (Å²) in [4.78, 5) is 0. The molecule has 0 saturated carbocycles. The van der Waals surface area contributed by atoms with Crippen LogP contribution in [0.3, 0.4) is 0 Å². The maximum Gasteiger partial charge on any atom is 0.131 e. The van der Waals surface area contributed by atoms with Crippen LogP contribution in [0.15, 0.2) is 16.6 Å². The molecule has 0 aromatic heterocycles. The van der Waals surface area contributed by atoms with E-state index >= 15 is 0 Å². The van der Waals surface area contributed by atoms with Crippen LogP contribution in [0, 0.1) is 17.6 Å². The number of hydrogen-bond donors (Lipinski definition) is 2. The Morgan fingerprint density at radius 1 is 1.11 bits per heavy atom. The largest absolute Gasteiger partial charge is 0.315 e. The molecule has 1 unspecified atom stereocenters. The molecule has 2 N–H and O–H groups in total. The molecule has 19 heavy (non-hydrogen) atoms. The van der Waals surface area contributed by atoms with Crippen molar-refractivity contribution >= 4 is 15.9 Å². The molecule has 1 rings (SSSR count). The SMILES string of the molecule is CC(C)CNCC(C)NCc1c(F)cc(Br)cc1F. The highest BCUT2D eigenvalue weighted by Crippen LogP contribution is 2.19. The van der Waals surface area contributed by atoms with E-state index in [0.717, 1.165) is 13.1 Å². The van der Waals surface area contributed by atoms with Gasteiger partial charge in [0.2, 0.25) is 0 Å². The summed E-state index contributed by atoms with van der Waals surface area (Å²) in [5, 5.41) is 6.42. The van der Waals surface area contributed by atoms with Gasteiger partial charge in [-0.3, -0.25) is 0 Å². The second kappa shape index (κ2) is 7.92. The van der Waals surface area contributed by atoms with Gasteiger partial charge in [-0.2, -0.15) is 0 Å². The second-order valence-corrected chi connectivity index (χ2v) is 6.10. The summed E-state index contributed by atoms with van der Waals surface area (Å²) in [5.41, 5.74) is 0.0823. The normalized spacial score (nSPS) is 13.0. The lowest BCUT2D eigenvalue weighted by Gasteiger charge is -2.16. The highest BCUT2D eigenvalue weighted by molar-refractivity contribution is 9.10. The quantitative estimate of drug-likeness (QED) is 0.798. The van der Waals surface area contributed by atoms with Gasteiger partial charge in [-0.05, 0) is 31.5 Å². The van der Waals surface area contributed by atoms with Crippen molar-refractivity contribution in [1.29, 1.82) is 0 Å². The lowest BCUT2D eigenvalue weighted by molar-refractivity contribution is 0.458. The average molecular weight is 335 g/mol. The maximum atomic E-state index is 13.6. The van der Waals surface area contributed by atoms with Crippen LogP contribution in [-0.4, -0.2) is 19.1 Å². The van der Waals surface area contributed by atoms with E-state index in [-0.39, 0.29) is 18.2 Å². The minimum absolute atomic E-state index is 0.0823. The van der Waals surface area contributed by atoms with E-state index in [4.69, 9.17) is 0 Å². The van der Waals surface area contributed by atoms with Crippen LogP contribution < -0.4 is 10.6 Å². The average Bonchev–Trinajstić information content (AvgIpc) is 2.26. The van der Waals surface area contributed by atoms with Gasteiger partial charge in [-0.15, -0.1) is 0 Å². The van der Waals surface area contributed by atoms with Crippen LogP contribution in [-0.2, 0) is 6.54 Å². The van der Waals surface area contributed by atoms with Gasteiger partial charge in [0.1, 0.15) is 11.6 Å². The van der Waals surface area contributed by atoms with Crippen molar-refractivity contribution in [3.63, 3.8) is 0 Å². The Labute approximate surface area is 122 Å². The van der Waals surface area contributed by atoms with E-state index in [2.05, 4.69) is 40.4 Å². The second-order valence-electron chi connectivity index (χ2n) is 5.18. The molecular formula is C14H21BrF2N2. The summed E-state index contributed by atoms with van der Waals surface area (Å²) in [6.07, 6.45) is 0. The zero-order chi connectivity index (χ0) is 14.4. The molecular weight excluding hydrogens is 314 g/mol. The monoisotopic (exact) mass is 334 g/mol. The zero-order valence-electron chi connectivity index (χ0n) is 11.6. The molecule has 1 atom stereocenters. The number of halogens is 3. The minimum atomic E-state index is -0.526. The highest BCUT2D eigenvalue weighted by atomic mass is 79.9. The molecule has 0 spiro atoms. The standard InChI is InChI=1S/C14H21BrF2N2/c1-9(2)6-18-7-10(3)19-8-12-13(16)4-11(15)5-14(12)17/h4-5,9-10,18-19H,6-8H2,1-3H3. The van der Waals surface area contributed by atoms with Gasteiger partial charge in [-0.1, -0.05) is 29.8 Å². The molecule has 108 valence electrons. The van der Waals surface area contributed by atoms with Gasteiger partial charge in [0.25, 0.3) is 0 Å². The van der Waals surface area contributed by atoms with Gasteiger partial charge in [0.15, 0.2) is 0 Å². The Balaban J connectivity index is 2.44. The molecule has 0 fully saturated rings. The summed E-state index contributed by atoms with van der Waals surface area (Å²) >= 11 is 3.06. The molecule has 0 saturated heterocycles. The fourth-order valence-electron chi connectivity index (χ4n) is 1.68. The van der Waals surface area contributed by atoms with Gasteiger partial charge in [0, 0.05) is 29.2 Å². The summed E-state index contributed by atoms with van der Waals surface area (Å²) < 4.78 is 27.6. The fourth-order valence-corrected chi connectivity index (χ4v) is 2.08. The van der Waals surface area contributed by atoms with Crippen molar-refractivity contribution in [3.8, 4) is 0 Å². The Bertz CT molecular complexity index is 387. The van der Waals surface area contributed by atoms with Crippen LogP contribution in [0.25, 0.3) is 0 Å². The Hall–Kier alpha value is -0.520. The van der Waals surface area contributed by atoms with E-state index in [9.17, 15) is 8.78 Å². The molecule has 0 bridgehead atoms. The molecule has 0 aliphatic heterocycles. The van der Waals surface area contributed by atoms with E-state index < -0.39 is 11.6 Å². The molecule has 1 aromatic rings. The first-order chi connectivity index (χ1) is 8.90. The predicted octanol–water partition coefficient (Wildman–Crippen LogP) is 3.45. The molecule has 5 heteroatoms. The minimum Gasteiger partial charge on any atom is -0.315 e. The highest BCUT2D eigenvalue weighted by Gasteiger charge is 2.11. The first-order valence-corrected chi connectivity index (χ1v) is 7.27. The van der Waals surface area contributed by atoms with E-state index in [1.54, 1.807) is 0 Å². The topological polar surface area (TPSA) is 24.1 Å². The molecule has 2 nitrogen and oxygen atoms in total. The smallest absolute Gasteiger partial charge is 0.131 e. The molecule has 0 aliphatic carbocycles. The van der Waals surface area contributed by atoms with Crippen LogP contribution in [0.1, 0.15) is 26.3 Å².